The number of aromatic nitrogens is 1. The predicted octanol–water partition coefficient (Wildman–Crippen LogP) is 2.22. The fourth-order valence-corrected chi connectivity index (χ4v) is 2.41. The second-order valence-electron chi connectivity index (χ2n) is 4.37. The van der Waals surface area contributed by atoms with Gasteiger partial charge in [-0.3, -0.25) is 9.69 Å². The monoisotopic (exact) mass is 291 g/mol. The maximum Gasteiger partial charge on any atom is 0.240 e. The number of carbonyl (C=O) groups is 1. The minimum absolute atomic E-state index is 0.0719. The molecule has 1 aromatic carbocycles. The van der Waals surface area contributed by atoms with E-state index in [4.69, 9.17) is 4.74 Å². The maximum absolute atomic E-state index is 11.8. The third kappa shape index (κ3) is 4.04. The number of benzene rings is 1. The van der Waals surface area contributed by atoms with E-state index >= 15 is 0 Å². The van der Waals surface area contributed by atoms with Crippen molar-refractivity contribution in [3.63, 3.8) is 0 Å². The topological polar surface area (TPSA) is 54.5 Å². The van der Waals surface area contributed by atoms with Gasteiger partial charge in [-0.05, 0) is 13.1 Å². The minimum atomic E-state index is -0.0719. The van der Waals surface area contributed by atoms with Gasteiger partial charge in [-0.2, -0.15) is 0 Å². The van der Waals surface area contributed by atoms with Gasteiger partial charge in [-0.25, -0.2) is 4.98 Å². The molecule has 0 aliphatic heterocycles. The quantitative estimate of drug-likeness (QED) is 0.886. The summed E-state index contributed by atoms with van der Waals surface area (Å²) in [5.74, 6) is 0.761. The number of likely N-dealkylation sites (N-methyl/N-ethyl adjacent to an activating group) is 1. The van der Waals surface area contributed by atoms with Crippen LogP contribution in [0.1, 0.15) is 5.56 Å². The summed E-state index contributed by atoms with van der Waals surface area (Å²) in [5, 5.41) is 5.22. The van der Waals surface area contributed by atoms with Crippen LogP contribution in [-0.4, -0.2) is 36.5 Å². The molecule has 0 radical (unpaired) electrons. The Labute approximate surface area is 122 Å². The molecule has 1 amide bonds. The lowest BCUT2D eigenvalue weighted by Crippen LogP contribution is -2.29. The number of nitrogens with zero attached hydrogens (tertiary/aromatic N) is 2. The highest BCUT2D eigenvalue weighted by molar-refractivity contribution is 7.13. The Morgan fingerprint density at radius 3 is 2.95 bits per heavy atom. The highest BCUT2D eigenvalue weighted by Crippen LogP contribution is 2.18. The average molecular weight is 291 g/mol. The molecule has 0 aliphatic rings. The average Bonchev–Trinajstić information content (AvgIpc) is 2.91. The lowest BCUT2D eigenvalue weighted by atomic mass is 10.2. The van der Waals surface area contributed by atoms with E-state index in [9.17, 15) is 4.79 Å². The molecule has 6 heteroatoms. The van der Waals surface area contributed by atoms with Crippen LogP contribution in [0.15, 0.2) is 35.8 Å². The molecule has 0 unspecified atom stereocenters. The van der Waals surface area contributed by atoms with E-state index in [0.29, 0.717) is 18.2 Å². The number of anilines is 1. The van der Waals surface area contributed by atoms with E-state index in [2.05, 4.69) is 10.3 Å². The minimum Gasteiger partial charge on any atom is -0.496 e. The van der Waals surface area contributed by atoms with Crippen LogP contribution in [0.2, 0.25) is 0 Å². The van der Waals surface area contributed by atoms with E-state index in [1.54, 1.807) is 13.3 Å². The molecule has 2 aromatic rings. The molecule has 0 aliphatic carbocycles. The maximum atomic E-state index is 11.8. The number of carbonyl (C=O) groups excluding carboxylic acids is 1. The van der Waals surface area contributed by atoms with Gasteiger partial charge in [-0.15, -0.1) is 11.3 Å². The molecule has 1 N–H and O–H groups in total. The molecule has 0 saturated heterocycles. The summed E-state index contributed by atoms with van der Waals surface area (Å²) in [4.78, 5) is 17.8. The zero-order chi connectivity index (χ0) is 14.4. The number of para-hydroxylation sites is 1. The zero-order valence-electron chi connectivity index (χ0n) is 11.5. The van der Waals surface area contributed by atoms with Crippen LogP contribution >= 0.6 is 11.3 Å². The number of amides is 1. The molecule has 0 spiro atoms. The summed E-state index contributed by atoms with van der Waals surface area (Å²) in [5.41, 5.74) is 1.06. The molecule has 5 nitrogen and oxygen atoms in total. The van der Waals surface area contributed by atoms with Crippen molar-refractivity contribution in [1.82, 2.24) is 9.88 Å². The normalized spacial score (nSPS) is 10.6. The van der Waals surface area contributed by atoms with E-state index in [1.165, 1.54) is 11.3 Å². The number of thiazole rings is 1. The Hall–Kier alpha value is -1.92. The summed E-state index contributed by atoms with van der Waals surface area (Å²) >= 11 is 1.41. The Morgan fingerprint density at radius 1 is 1.45 bits per heavy atom. The van der Waals surface area contributed by atoms with Gasteiger partial charge in [0.05, 0.1) is 13.7 Å². The van der Waals surface area contributed by atoms with Crippen molar-refractivity contribution in [1.29, 1.82) is 0 Å². The van der Waals surface area contributed by atoms with Gasteiger partial charge in [0, 0.05) is 23.7 Å². The van der Waals surface area contributed by atoms with Crippen molar-refractivity contribution < 1.29 is 9.53 Å². The molecule has 0 bridgehead atoms. The zero-order valence-corrected chi connectivity index (χ0v) is 12.3. The first kappa shape index (κ1) is 14.5. The molecular formula is C14H17N3O2S. The smallest absolute Gasteiger partial charge is 0.240 e. The standard InChI is InChI=1S/C14H17N3O2S/c1-17(9-11-5-3-4-6-12(11)19-2)10-13(18)16-14-15-7-8-20-14/h3-8H,9-10H2,1-2H3,(H,15,16,18). The summed E-state index contributed by atoms with van der Waals surface area (Å²) < 4.78 is 5.30. The fraction of sp³-hybridized carbons (Fsp3) is 0.286. The van der Waals surface area contributed by atoms with Gasteiger partial charge in [0.15, 0.2) is 5.13 Å². The summed E-state index contributed by atoms with van der Waals surface area (Å²) in [6.45, 7) is 0.951. The largest absolute Gasteiger partial charge is 0.496 e. The SMILES string of the molecule is COc1ccccc1CN(C)CC(=O)Nc1nccs1. The lowest BCUT2D eigenvalue weighted by Gasteiger charge is -2.17. The first-order valence-corrected chi connectivity index (χ1v) is 7.07. The van der Waals surface area contributed by atoms with E-state index in [-0.39, 0.29) is 5.91 Å². The highest BCUT2D eigenvalue weighted by Gasteiger charge is 2.10. The Kier molecular flexibility index (Phi) is 5.09. The molecule has 0 saturated carbocycles. The van der Waals surface area contributed by atoms with Crippen LogP contribution in [-0.2, 0) is 11.3 Å². The van der Waals surface area contributed by atoms with E-state index in [1.807, 2.05) is 41.6 Å². The molecule has 0 atom stereocenters. The van der Waals surface area contributed by atoms with E-state index in [0.717, 1.165) is 11.3 Å². The van der Waals surface area contributed by atoms with Gasteiger partial charge in [-0.1, -0.05) is 18.2 Å². The number of ether oxygens (including phenoxy) is 1. The van der Waals surface area contributed by atoms with Gasteiger partial charge in [0.1, 0.15) is 5.75 Å². The second kappa shape index (κ2) is 7.02. The second-order valence-corrected chi connectivity index (χ2v) is 5.26. The number of hydrogen-bond donors (Lipinski definition) is 1. The Morgan fingerprint density at radius 2 is 2.25 bits per heavy atom. The van der Waals surface area contributed by atoms with Crippen molar-refractivity contribution in [2.24, 2.45) is 0 Å². The van der Waals surface area contributed by atoms with Crippen molar-refractivity contribution >= 4 is 22.4 Å². The molecule has 106 valence electrons. The van der Waals surface area contributed by atoms with Crippen LogP contribution in [0, 0.1) is 0 Å². The van der Waals surface area contributed by atoms with Crippen LogP contribution in [0.25, 0.3) is 0 Å². The first-order valence-electron chi connectivity index (χ1n) is 6.19. The van der Waals surface area contributed by atoms with Gasteiger partial charge >= 0.3 is 0 Å². The van der Waals surface area contributed by atoms with Crippen molar-refractivity contribution in [3.8, 4) is 5.75 Å². The summed E-state index contributed by atoms with van der Waals surface area (Å²) in [6.07, 6.45) is 1.67. The Bertz CT molecular complexity index is 557. The highest BCUT2D eigenvalue weighted by atomic mass is 32.1. The molecular weight excluding hydrogens is 274 g/mol. The molecule has 1 heterocycles. The van der Waals surface area contributed by atoms with Crippen LogP contribution in [0.3, 0.4) is 0 Å². The Balaban J connectivity index is 1.88. The predicted molar refractivity (Wildman–Crippen MR) is 80.1 cm³/mol. The van der Waals surface area contributed by atoms with E-state index < -0.39 is 0 Å². The summed E-state index contributed by atoms with van der Waals surface area (Å²) in [6, 6.07) is 7.80. The van der Waals surface area contributed by atoms with Crippen molar-refractivity contribution in [2.75, 3.05) is 26.0 Å². The molecule has 0 fully saturated rings. The number of nitrogens with one attached hydrogen (secondary N) is 1. The van der Waals surface area contributed by atoms with Crippen LogP contribution in [0.4, 0.5) is 5.13 Å². The van der Waals surface area contributed by atoms with Crippen LogP contribution < -0.4 is 10.1 Å². The van der Waals surface area contributed by atoms with Crippen molar-refractivity contribution in [2.45, 2.75) is 6.54 Å². The molecule has 1 aromatic heterocycles. The number of rotatable bonds is 6. The third-order valence-electron chi connectivity index (χ3n) is 2.72. The number of methoxy groups -OCH3 is 1. The lowest BCUT2D eigenvalue weighted by molar-refractivity contribution is -0.117. The molecule has 20 heavy (non-hydrogen) atoms. The van der Waals surface area contributed by atoms with Gasteiger partial charge in [0.2, 0.25) is 5.91 Å². The van der Waals surface area contributed by atoms with Gasteiger partial charge in [0.25, 0.3) is 0 Å². The number of hydrogen-bond acceptors (Lipinski definition) is 5. The first-order chi connectivity index (χ1) is 9.69. The third-order valence-corrected chi connectivity index (χ3v) is 3.41. The van der Waals surface area contributed by atoms with Crippen molar-refractivity contribution in [3.05, 3.63) is 41.4 Å². The van der Waals surface area contributed by atoms with Gasteiger partial charge < -0.3 is 10.1 Å². The van der Waals surface area contributed by atoms with Crippen LogP contribution in [0.5, 0.6) is 5.75 Å². The summed E-state index contributed by atoms with van der Waals surface area (Å²) in [7, 11) is 3.54. The molecule has 2 rings (SSSR count). The fourth-order valence-electron chi connectivity index (χ4n) is 1.87.